The number of halogens is 1. The van der Waals surface area contributed by atoms with E-state index in [4.69, 9.17) is 25.6 Å². The molecule has 1 saturated heterocycles. The molecule has 1 heterocycles. The molecular formula is C31H30BClN2O4. The van der Waals surface area contributed by atoms with Gasteiger partial charge in [0.25, 0.3) is 0 Å². The molecule has 39 heavy (non-hydrogen) atoms. The molecule has 198 valence electrons. The molecule has 0 aromatic heterocycles. The summed E-state index contributed by atoms with van der Waals surface area (Å²) in [5.41, 5.74) is 5.22. The lowest BCUT2D eigenvalue weighted by Crippen LogP contribution is -2.41. The predicted molar refractivity (Wildman–Crippen MR) is 153 cm³/mol. The van der Waals surface area contributed by atoms with Gasteiger partial charge in [0.15, 0.2) is 0 Å². The van der Waals surface area contributed by atoms with Crippen LogP contribution in [0.3, 0.4) is 0 Å². The van der Waals surface area contributed by atoms with Gasteiger partial charge in [-0.15, -0.1) is 0 Å². The lowest BCUT2D eigenvalue weighted by atomic mass is 9.76. The molecule has 1 fully saturated rings. The molecule has 1 N–H and O–H groups in total. The standard InChI is InChI=1S/C31H30BClN2O4/c1-30(2)31(3,4)39-32(38-30)22(15-20-13-14-23(33)16-21(20)17-34)18-35-29(36)37-19-28-26-11-7-5-9-24(26)25-10-6-8-12-27(25)28/h5-16,28H,18-19H2,1-4H3,(H,35,36). The van der Waals surface area contributed by atoms with Gasteiger partial charge in [-0.25, -0.2) is 4.79 Å². The topological polar surface area (TPSA) is 80.6 Å². The summed E-state index contributed by atoms with van der Waals surface area (Å²) in [6.07, 6.45) is 1.26. The van der Waals surface area contributed by atoms with Crippen molar-refractivity contribution >= 4 is 30.9 Å². The molecule has 1 aliphatic carbocycles. The molecule has 0 unspecified atom stereocenters. The second-order valence-electron chi connectivity index (χ2n) is 10.8. The third kappa shape index (κ3) is 5.33. The minimum absolute atomic E-state index is 0.0338. The van der Waals surface area contributed by atoms with Crippen molar-refractivity contribution in [1.82, 2.24) is 5.32 Å². The molecule has 2 aliphatic rings. The van der Waals surface area contributed by atoms with Gasteiger partial charge in [-0.05, 0) is 73.1 Å². The zero-order chi connectivity index (χ0) is 27.8. The number of benzene rings is 3. The van der Waals surface area contributed by atoms with Gasteiger partial charge in [0.1, 0.15) is 6.61 Å². The van der Waals surface area contributed by atoms with Crippen LogP contribution in [0, 0.1) is 11.3 Å². The van der Waals surface area contributed by atoms with E-state index in [-0.39, 0.29) is 19.1 Å². The Hall–Kier alpha value is -3.57. The van der Waals surface area contributed by atoms with Gasteiger partial charge in [0, 0.05) is 17.5 Å². The molecule has 0 spiro atoms. The number of hydrogen-bond acceptors (Lipinski definition) is 5. The van der Waals surface area contributed by atoms with Gasteiger partial charge in [-0.1, -0.05) is 72.3 Å². The van der Waals surface area contributed by atoms with E-state index in [0.717, 1.165) is 11.1 Å². The third-order valence-electron chi connectivity index (χ3n) is 7.81. The smallest absolute Gasteiger partial charge is 0.449 e. The average Bonchev–Trinajstić information content (AvgIpc) is 3.34. The van der Waals surface area contributed by atoms with Crippen LogP contribution < -0.4 is 5.32 Å². The van der Waals surface area contributed by atoms with Crippen LogP contribution >= 0.6 is 11.6 Å². The normalized spacial score (nSPS) is 17.3. The number of fused-ring (bicyclic) bond motifs is 3. The Balaban J connectivity index is 1.33. The Labute approximate surface area is 234 Å². The zero-order valence-corrected chi connectivity index (χ0v) is 23.2. The molecule has 1 amide bonds. The van der Waals surface area contributed by atoms with Gasteiger partial charge in [0.2, 0.25) is 0 Å². The summed E-state index contributed by atoms with van der Waals surface area (Å²) in [4.78, 5) is 12.9. The number of hydrogen-bond donors (Lipinski definition) is 1. The highest BCUT2D eigenvalue weighted by Gasteiger charge is 2.52. The van der Waals surface area contributed by atoms with Crippen LogP contribution in [0.1, 0.15) is 55.9 Å². The van der Waals surface area contributed by atoms with Crippen molar-refractivity contribution in [1.29, 1.82) is 5.26 Å². The van der Waals surface area contributed by atoms with Gasteiger partial charge < -0.3 is 19.4 Å². The van der Waals surface area contributed by atoms with Crippen LogP contribution in [0.25, 0.3) is 17.2 Å². The van der Waals surface area contributed by atoms with Crippen LogP contribution in [0.5, 0.6) is 0 Å². The minimum atomic E-state index is -0.717. The molecule has 0 saturated carbocycles. The molecule has 5 rings (SSSR count). The highest BCUT2D eigenvalue weighted by atomic mass is 35.5. The van der Waals surface area contributed by atoms with Gasteiger partial charge >= 0.3 is 13.2 Å². The van der Waals surface area contributed by atoms with Crippen LogP contribution in [-0.2, 0) is 14.0 Å². The number of carbonyl (C=O) groups is 1. The number of nitrogens with zero attached hydrogens (tertiary/aromatic N) is 1. The third-order valence-corrected chi connectivity index (χ3v) is 8.05. The molecule has 0 atom stereocenters. The first-order valence-electron chi connectivity index (χ1n) is 12.9. The van der Waals surface area contributed by atoms with Gasteiger partial charge in [0.05, 0.1) is 22.8 Å². The second-order valence-corrected chi connectivity index (χ2v) is 11.3. The first kappa shape index (κ1) is 27.0. The van der Waals surface area contributed by atoms with Crippen LogP contribution in [-0.4, -0.2) is 37.6 Å². The number of amides is 1. The minimum Gasteiger partial charge on any atom is -0.449 e. The molecule has 0 bridgehead atoms. The van der Waals surface area contributed by atoms with E-state index in [1.807, 2.05) is 52.0 Å². The Bertz CT molecular complexity index is 1430. The summed E-state index contributed by atoms with van der Waals surface area (Å²) in [5.74, 6) is -0.0338. The van der Waals surface area contributed by atoms with Gasteiger partial charge in [-0.3, -0.25) is 0 Å². The lowest BCUT2D eigenvalue weighted by molar-refractivity contribution is 0.00578. The van der Waals surface area contributed by atoms with Crippen molar-refractivity contribution in [2.24, 2.45) is 0 Å². The highest BCUT2D eigenvalue weighted by Crippen LogP contribution is 2.44. The van der Waals surface area contributed by atoms with E-state index >= 15 is 0 Å². The van der Waals surface area contributed by atoms with Crippen molar-refractivity contribution in [2.45, 2.75) is 44.8 Å². The van der Waals surface area contributed by atoms with Crippen molar-refractivity contribution in [3.63, 3.8) is 0 Å². The number of rotatable bonds is 6. The van der Waals surface area contributed by atoms with Crippen LogP contribution in [0.15, 0.2) is 72.2 Å². The Morgan fingerprint density at radius 3 is 2.21 bits per heavy atom. The molecule has 0 radical (unpaired) electrons. The summed E-state index contributed by atoms with van der Waals surface area (Å²) in [6.45, 7) is 8.19. The molecule has 8 heteroatoms. The monoisotopic (exact) mass is 540 g/mol. The van der Waals surface area contributed by atoms with Crippen molar-refractivity contribution in [2.75, 3.05) is 13.2 Å². The molecular weight excluding hydrogens is 511 g/mol. The van der Waals surface area contributed by atoms with E-state index in [9.17, 15) is 10.1 Å². The maximum atomic E-state index is 12.9. The van der Waals surface area contributed by atoms with E-state index < -0.39 is 24.4 Å². The Kier molecular flexibility index (Phi) is 7.30. The number of nitrogens with one attached hydrogen (secondary N) is 1. The quantitative estimate of drug-likeness (QED) is 0.349. The van der Waals surface area contributed by atoms with Gasteiger partial charge in [-0.2, -0.15) is 5.26 Å². The van der Waals surface area contributed by atoms with E-state index in [1.165, 1.54) is 11.1 Å². The average molecular weight is 541 g/mol. The van der Waals surface area contributed by atoms with E-state index in [0.29, 0.717) is 21.6 Å². The van der Waals surface area contributed by atoms with Crippen LogP contribution in [0.4, 0.5) is 4.79 Å². The number of carbonyl (C=O) groups excluding carboxylic acids is 1. The summed E-state index contributed by atoms with van der Waals surface area (Å²) in [5, 5.41) is 13.0. The number of nitriles is 1. The van der Waals surface area contributed by atoms with E-state index in [1.54, 1.807) is 24.3 Å². The number of alkyl carbamates (subject to hydrolysis) is 1. The fourth-order valence-corrected chi connectivity index (χ4v) is 5.14. The highest BCUT2D eigenvalue weighted by molar-refractivity contribution is 6.56. The zero-order valence-electron chi connectivity index (χ0n) is 22.5. The molecule has 1 aliphatic heterocycles. The maximum absolute atomic E-state index is 12.9. The molecule has 3 aromatic rings. The molecule has 3 aromatic carbocycles. The second kappa shape index (κ2) is 10.5. The SMILES string of the molecule is CC1(C)OB(C(=Cc2ccc(Cl)cc2C#N)CNC(=O)OCC2c3ccccc3-c3ccccc32)OC1(C)C. The largest absolute Gasteiger partial charge is 0.492 e. The summed E-state index contributed by atoms with van der Waals surface area (Å²) >= 11 is 6.09. The summed E-state index contributed by atoms with van der Waals surface area (Å²) in [7, 11) is -0.717. The fourth-order valence-electron chi connectivity index (χ4n) is 4.97. The Morgan fingerprint density at radius 2 is 1.62 bits per heavy atom. The van der Waals surface area contributed by atoms with Crippen molar-refractivity contribution in [3.05, 3.63) is 99.5 Å². The first-order valence-corrected chi connectivity index (χ1v) is 13.3. The maximum Gasteiger partial charge on any atom is 0.492 e. The number of ether oxygens (including phenoxy) is 1. The lowest BCUT2D eigenvalue weighted by Gasteiger charge is -2.32. The predicted octanol–water partition coefficient (Wildman–Crippen LogP) is 6.77. The van der Waals surface area contributed by atoms with E-state index in [2.05, 4.69) is 35.7 Å². The summed E-state index contributed by atoms with van der Waals surface area (Å²) in [6, 6.07) is 23.7. The molecule has 6 nitrogen and oxygen atoms in total. The van der Waals surface area contributed by atoms with Crippen molar-refractivity contribution < 1.29 is 18.8 Å². The van der Waals surface area contributed by atoms with Crippen LogP contribution in [0.2, 0.25) is 5.02 Å². The Morgan fingerprint density at radius 1 is 1.03 bits per heavy atom. The fraction of sp³-hybridized carbons (Fsp3) is 0.290. The van der Waals surface area contributed by atoms with Crippen molar-refractivity contribution in [3.8, 4) is 17.2 Å². The summed E-state index contributed by atoms with van der Waals surface area (Å²) < 4.78 is 18.2. The first-order chi connectivity index (χ1) is 18.6.